The number of aliphatic carboxylic acids is 1. The van der Waals surface area contributed by atoms with Gasteiger partial charge in [0, 0.05) is 40.3 Å². The number of carbonyl (C=O) groups excluding carboxylic acids is 7. The molecule has 6 aromatic carbocycles. The molecular formula is C72H80FN9O24. The van der Waals surface area contributed by atoms with Crippen molar-refractivity contribution < 1.29 is 122 Å². The highest BCUT2D eigenvalue weighted by molar-refractivity contribution is 6.00. The third kappa shape index (κ3) is 16.1. The van der Waals surface area contributed by atoms with Crippen LogP contribution in [0.3, 0.4) is 0 Å². The molecule has 2 saturated heterocycles. The summed E-state index contributed by atoms with van der Waals surface area (Å²) in [5.41, 5.74) is 7.91. The molecule has 0 aromatic heterocycles. The molecule has 7 amide bonds. The van der Waals surface area contributed by atoms with E-state index in [1.165, 1.54) is 75.5 Å². The molecule has 106 heavy (non-hydrogen) atoms. The van der Waals surface area contributed by atoms with E-state index in [0.717, 1.165) is 54.6 Å². The molecular weight excluding hydrogens is 1390 g/mol. The number of carboxylic acids is 1. The van der Waals surface area contributed by atoms with Crippen LogP contribution in [0.1, 0.15) is 105 Å². The lowest BCUT2D eigenvalue weighted by Crippen LogP contribution is -2.64. The zero-order valence-corrected chi connectivity index (χ0v) is 57.3. The van der Waals surface area contributed by atoms with Crippen molar-refractivity contribution in [2.75, 3.05) is 13.7 Å². The van der Waals surface area contributed by atoms with E-state index in [-0.39, 0.29) is 58.1 Å². The molecule has 7 heterocycles. The maximum absolute atomic E-state index is 16.2. The summed E-state index contributed by atoms with van der Waals surface area (Å²) in [5, 5.41) is 133. The number of benzene rings is 6. The molecule has 2 fully saturated rings. The Morgan fingerprint density at radius 1 is 0.708 bits per heavy atom. The van der Waals surface area contributed by atoms with Crippen LogP contribution in [0.5, 0.6) is 46.0 Å². The second kappa shape index (κ2) is 31.2. The summed E-state index contributed by atoms with van der Waals surface area (Å²) in [5.74, 6) is -16.6. The Bertz CT molecular complexity index is 4400. The quantitative estimate of drug-likeness (QED) is 0.0710. The number of nitrogens with two attached hydrogens (primary N) is 2. The number of hydrogen-bond acceptors (Lipinski definition) is 25. The van der Waals surface area contributed by atoms with Crippen LogP contribution in [-0.2, 0) is 52.6 Å². The Morgan fingerprint density at radius 2 is 1.37 bits per heavy atom. The fourth-order valence-electron chi connectivity index (χ4n) is 13.4. The summed E-state index contributed by atoms with van der Waals surface area (Å²) in [6.07, 6.45) is -18.6. The topological polar surface area (TPSA) is 530 Å². The van der Waals surface area contributed by atoms with Crippen LogP contribution in [0.4, 0.5) is 4.39 Å². The maximum atomic E-state index is 16.2. The zero-order valence-electron chi connectivity index (χ0n) is 57.3. The van der Waals surface area contributed by atoms with Gasteiger partial charge in [0.25, 0.3) is 0 Å². The van der Waals surface area contributed by atoms with Crippen molar-refractivity contribution in [1.82, 2.24) is 37.2 Å². The number of aliphatic hydroxyl groups excluding tert-OH is 6. The lowest BCUT2D eigenvalue weighted by atomic mass is 9.86. The molecule has 7 aliphatic rings. The van der Waals surface area contributed by atoms with E-state index in [0.29, 0.717) is 0 Å². The summed E-state index contributed by atoms with van der Waals surface area (Å²) in [6, 6.07) is 5.86. The molecule has 6 aromatic rings. The number of phenolic OH excluding ortho intramolecular Hbond substituents is 3. The van der Waals surface area contributed by atoms with Crippen LogP contribution in [-0.4, -0.2) is 191 Å². The number of nitrogens with one attached hydrogen (secondary N) is 7. The number of likely N-dealkylation sites (N-methyl/N-ethyl adjacent to an activating group) is 1. The first-order valence-corrected chi connectivity index (χ1v) is 33.6. The van der Waals surface area contributed by atoms with Gasteiger partial charge < -0.3 is 128 Å². The molecule has 0 aliphatic carbocycles. The molecule has 0 unspecified atom stereocenters. The third-order valence-corrected chi connectivity index (χ3v) is 18.9. The number of rotatable bonds is 14. The summed E-state index contributed by atoms with van der Waals surface area (Å²) in [6.45, 7) is 5.67. The number of hydrogen-bond donors (Lipinski definition) is 19. The molecule has 0 saturated carbocycles. The number of carboxylic acid groups (broad SMARTS) is 1. The van der Waals surface area contributed by atoms with Crippen molar-refractivity contribution >= 4 is 47.3 Å². The van der Waals surface area contributed by atoms with Crippen molar-refractivity contribution in [3.05, 3.63) is 143 Å². The first kappa shape index (κ1) is 76.5. The van der Waals surface area contributed by atoms with Crippen LogP contribution in [0.2, 0.25) is 0 Å². The average Bonchev–Trinajstić information content (AvgIpc) is 0.762. The number of amides is 7. The number of halogens is 1. The molecule has 11 bridgehead atoms. The highest BCUT2D eigenvalue weighted by atomic mass is 19.1. The molecule has 34 heteroatoms. The van der Waals surface area contributed by atoms with Crippen molar-refractivity contribution in [1.29, 1.82) is 0 Å². The molecule has 0 radical (unpaired) electrons. The van der Waals surface area contributed by atoms with Crippen molar-refractivity contribution in [3.63, 3.8) is 0 Å². The minimum absolute atomic E-state index is 0.0431. The lowest BCUT2D eigenvalue weighted by molar-refractivity contribution is -0.333. The Morgan fingerprint density at radius 3 is 2.03 bits per heavy atom. The zero-order chi connectivity index (χ0) is 76.7. The van der Waals surface area contributed by atoms with Gasteiger partial charge in [-0.3, -0.25) is 33.6 Å². The van der Waals surface area contributed by atoms with Crippen molar-refractivity contribution in [3.8, 4) is 68.2 Å². The molecule has 564 valence electrons. The van der Waals surface area contributed by atoms with E-state index in [4.69, 9.17) is 39.9 Å². The minimum atomic E-state index is -2.36. The number of phenols is 3. The minimum Gasteiger partial charge on any atom is -0.508 e. The predicted octanol–water partition coefficient (Wildman–Crippen LogP) is 0.606. The third-order valence-electron chi connectivity index (χ3n) is 18.9. The smallest absolute Gasteiger partial charge is 0.330 e. The van der Waals surface area contributed by atoms with E-state index >= 15 is 23.6 Å². The monoisotopic (exact) mass is 1470 g/mol. The Labute approximate surface area is 602 Å². The molecule has 7 aliphatic heterocycles. The molecule has 13 rings (SSSR count). The largest absolute Gasteiger partial charge is 0.508 e. The second-order valence-corrected chi connectivity index (χ2v) is 27.2. The summed E-state index contributed by atoms with van der Waals surface area (Å²) < 4.78 is 54.7. The Balaban J connectivity index is 1.20. The first-order chi connectivity index (χ1) is 50.2. The maximum Gasteiger partial charge on any atom is 0.330 e. The highest BCUT2D eigenvalue weighted by Crippen LogP contribution is 2.50. The van der Waals surface area contributed by atoms with E-state index in [2.05, 4.69) is 37.2 Å². The van der Waals surface area contributed by atoms with Gasteiger partial charge in [0.15, 0.2) is 29.9 Å². The fraction of sp³-hybridized carbons (Fsp3) is 0.389. The van der Waals surface area contributed by atoms with Crippen LogP contribution < -0.4 is 62.9 Å². The number of ether oxygens (including phenoxy) is 6. The van der Waals surface area contributed by atoms with Gasteiger partial charge in [0.1, 0.15) is 95.3 Å². The average molecular weight is 1470 g/mol. The summed E-state index contributed by atoms with van der Waals surface area (Å²) in [7, 11) is 1.48. The molecule has 21 N–H and O–H groups in total. The molecule has 33 nitrogen and oxygen atoms in total. The number of fused-ring (bicyclic) bond motifs is 15. The SMILES string of the molecule is CN[C@@H](CC(C)C)C(=O)N[C@@H]1C(=O)N[C@H](CC(N)=O)C(=O)N[C@@H]2C(=O)N[C@@H]3C(=O)N[C@@H](C(=O)N[C@H](C(=O)O)c4cc(O)cc(O)c4-c4cc3ccc4O)[C@@H](O)c3ccc(c(-c4cccc(F)c4)c3)Oc3cc2cc(c3O[C@@H]2O[C@H](CO)[C@@H](O)[C@H](O)[C@H]2O[C@H]2C[C@](C)(N)[C@H](O)[C@H](C)O2)Oc2ccc(cc2)[C@@H]1O. The van der Waals surface area contributed by atoms with Crippen LogP contribution in [0.15, 0.2) is 109 Å². The van der Waals surface area contributed by atoms with E-state index in [1.54, 1.807) is 0 Å². The van der Waals surface area contributed by atoms with Gasteiger partial charge in [0.05, 0.1) is 31.3 Å². The molecule has 0 spiro atoms. The number of aliphatic hydroxyl groups is 6. The highest BCUT2D eigenvalue weighted by Gasteiger charge is 2.52. The van der Waals surface area contributed by atoms with Gasteiger partial charge in [0.2, 0.25) is 53.4 Å². The number of carbonyl (C=O) groups is 8. The number of aromatic hydroxyl groups is 3. The van der Waals surface area contributed by atoms with Gasteiger partial charge in [-0.15, -0.1) is 0 Å². The summed E-state index contributed by atoms with van der Waals surface area (Å²) >= 11 is 0. The van der Waals surface area contributed by atoms with Crippen LogP contribution in [0, 0.1) is 11.7 Å². The van der Waals surface area contributed by atoms with E-state index < -0.39 is 232 Å². The summed E-state index contributed by atoms with van der Waals surface area (Å²) in [4.78, 5) is 118. The van der Waals surface area contributed by atoms with Crippen LogP contribution >= 0.6 is 0 Å². The normalized spacial score (nSPS) is 28.6. The van der Waals surface area contributed by atoms with E-state index in [1.807, 2.05) is 13.8 Å². The van der Waals surface area contributed by atoms with Gasteiger partial charge in [-0.05, 0) is 128 Å². The van der Waals surface area contributed by atoms with Crippen LogP contribution in [0.25, 0.3) is 22.3 Å². The van der Waals surface area contributed by atoms with Crippen molar-refractivity contribution in [2.45, 2.75) is 156 Å². The Hall–Kier alpha value is -10.6. The van der Waals surface area contributed by atoms with Gasteiger partial charge >= 0.3 is 5.97 Å². The van der Waals surface area contributed by atoms with Crippen molar-refractivity contribution in [2.24, 2.45) is 17.4 Å². The van der Waals surface area contributed by atoms with E-state index in [9.17, 15) is 70.2 Å². The molecule has 18 atom stereocenters. The van der Waals surface area contributed by atoms with Gasteiger partial charge in [-0.2, -0.15) is 0 Å². The van der Waals surface area contributed by atoms with Gasteiger partial charge in [-0.1, -0.05) is 50.2 Å². The first-order valence-electron chi connectivity index (χ1n) is 33.6. The Kier molecular flexibility index (Phi) is 22.5. The second-order valence-electron chi connectivity index (χ2n) is 27.2. The lowest BCUT2D eigenvalue weighted by Gasteiger charge is -2.47. The standard InChI is InChI=1S/C72H80FN9O24/c1-28(2)17-41(76-5)64(93)81-55-57(88)30-9-13-37(14-10-30)102-46-21-34-22-47(61(46)106-71-62(60(91)59(90)48(27-83)104-71)105-50-26-72(4,75)63(92)29(3)101-50)103-45-16-12-33(20-38(45)31-7-6-8-35(73)18-31)58(89)56-69(98)80-54(70(99)100)40-23-36(84)24-44(86)51(40)39-19-32(11-15-43(39)85)52(66(95)82-56)79-67(96)53(34)78-65(94)42(25-49(74)87)77-68(55)97/h6-16,18-24,28-29,41-42,48,50,52-60,62-63,71,76,83-86,88-92H,17,25-27,75H2,1-5H3,(H2,74,87)(H,77,97)(H,78,94)(H,79,96)(H,80,98)(H,81,93)(H,82,95)(H,99,100)/t29-,41-,42+,48+,50-,52-,53-,54-,55-,56+,57-,58-,59+,60-,62+,63+,71-,72-/m0/s1. The predicted molar refractivity (Wildman–Crippen MR) is 365 cm³/mol. The van der Waals surface area contributed by atoms with Gasteiger partial charge in [-0.25, -0.2) is 9.18 Å². The number of primary amides is 1. The fourth-order valence-corrected chi connectivity index (χ4v) is 13.4.